The van der Waals surface area contributed by atoms with Gasteiger partial charge in [-0.2, -0.15) is 0 Å². The number of halogens is 2. The summed E-state index contributed by atoms with van der Waals surface area (Å²) in [6, 6.07) is 2.67. The number of amides is 2. The molecule has 0 aliphatic rings. The number of hydrogen-bond donors (Lipinski definition) is 3. The van der Waals surface area contributed by atoms with Crippen molar-refractivity contribution in [2.75, 3.05) is 13.2 Å². The predicted molar refractivity (Wildman–Crippen MR) is 72.5 cm³/mol. The number of nitrogens with one attached hydrogen (secondary N) is 2. The number of rotatable bonds is 6. The SMILES string of the molecule is CC[C@H](CO)NC(=O)NC[C@H](C)c1ccc(F)cc1F. The van der Waals surface area contributed by atoms with Crippen molar-refractivity contribution >= 4 is 6.03 Å². The van der Waals surface area contributed by atoms with Crippen LogP contribution in [0.1, 0.15) is 31.7 Å². The van der Waals surface area contributed by atoms with E-state index in [4.69, 9.17) is 5.11 Å². The van der Waals surface area contributed by atoms with Crippen molar-refractivity contribution in [3.05, 3.63) is 35.4 Å². The highest BCUT2D eigenvalue weighted by atomic mass is 19.1. The van der Waals surface area contributed by atoms with Crippen LogP contribution in [0.5, 0.6) is 0 Å². The normalized spacial score (nSPS) is 13.7. The van der Waals surface area contributed by atoms with Crippen molar-refractivity contribution in [1.82, 2.24) is 10.6 Å². The highest BCUT2D eigenvalue weighted by molar-refractivity contribution is 5.74. The number of hydrogen-bond acceptors (Lipinski definition) is 2. The van der Waals surface area contributed by atoms with E-state index in [1.165, 1.54) is 12.1 Å². The second-order valence-electron chi connectivity index (χ2n) is 4.71. The maximum atomic E-state index is 13.5. The van der Waals surface area contributed by atoms with E-state index in [9.17, 15) is 13.6 Å². The van der Waals surface area contributed by atoms with Gasteiger partial charge in [-0.1, -0.05) is 19.9 Å². The van der Waals surface area contributed by atoms with Gasteiger partial charge in [0.25, 0.3) is 0 Å². The molecule has 0 spiro atoms. The lowest BCUT2D eigenvalue weighted by Gasteiger charge is -2.17. The van der Waals surface area contributed by atoms with Gasteiger partial charge < -0.3 is 15.7 Å². The molecule has 20 heavy (non-hydrogen) atoms. The first-order chi connectivity index (χ1) is 9.47. The van der Waals surface area contributed by atoms with E-state index in [2.05, 4.69) is 10.6 Å². The smallest absolute Gasteiger partial charge is 0.315 e. The van der Waals surface area contributed by atoms with Gasteiger partial charge in [-0.15, -0.1) is 0 Å². The average Bonchev–Trinajstić information content (AvgIpc) is 2.42. The maximum Gasteiger partial charge on any atom is 0.315 e. The Hall–Kier alpha value is -1.69. The molecule has 0 saturated carbocycles. The molecule has 0 heterocycles. The molecule has 0 unspecified atom stereocenters. The molecule has 0 saturated heterocycles. The molecule has 2 amide bonds. The van der Waals surface area contributed by atoms with Crippen LogP contribution >= 0.6 is 0 Å². The van der Waals surface area contributed by atoms with Crippen molar-refractivity contribution in [2.24, 2.45) is 0 Å². The Morgan fingerprint density at radius 1 is 1.40 bits per heavy atom. The highest BCUT2D eigenvalue weighted by Gasteiger charge is 2.14. The lowest BCUT2D eigenvalue weighted by atomic mass is 10.0. The summed E-state index contributed by atoms with van der Waals surface area (Å²) in [5, 5.41) is 14.2. The quantitative estimate of drug-likeness (QED) is 0.750. The molecule has 112 valence electrons. The maximum absolute atomic E-state index is 13.5. The van der Waals surface area contributed by atoms with E-state index in [1.807, 2.05) is 6.92 Å². The molecular weight excluding hydrogens is 266 g/mol. The molecule has 1 rings (SSSR count). The molecule has 0 radical (unpaired) electrons. The average molecular weight is 286 g/mol. The molecule has 1 aromatic rings. The summed E-state index contributed by atoms with van der Waals surface area (Å²) >= 11 is 0. The minimum atomic E-state index is -0.627. The number of carbonyl (C=O) groups excluding carboxylic acids is 1. The third kappa shape index (κ3) is 4.77. The van der Waals surface area contributed by atoms with Gasteiger partial charge in [0.1, 0.15) is 11.6 Å². The topological polar surface area (TPSA) is 61.4 Å². The van der Waals surface area contributed by atoms with Crippen LogP contribution in [0.4, 0.5) is 13.6 Å². The Bertz CT molecular complexity index is 451. The number of benzene rings is 1. The summed E-state index contributed by atoms with van der Waals surface area (Å²) in [5.41, 5.74) is 0.348. The minimum Gasteiger partial charge on any atom is -0.394 e. The molecular formula is C14H20F2N2O2. The summed E-state index contributed by atoms with van der Waals surface area (Å²) in [4.78, 5) is 11.6. The van der Waals surface area contributed by atoms with Gasteiger partial charge in [0.05, 0.1) is 12.6 Å². The predicted octanol–water partition coefficient (Wildman–Crippen LogP) is 2.14. The Labute approximate surface area is 117 Å². The molecule has 0 fully saturated rings. The molecule has 1 aromatic carbocycles. The molecule has 4 nitrogen and oxygen atoms in total. The van der Waals surface area contributed by atoms with Crippen LogP contribution in [-0.2, 0) is 0 Å². The van der Waals surface area contributed by atoms with Crippen LogP contribution in [-0.4, -0.2) is 30.3 Å². The van der Waals surface area contributed by atoms with Crippen LogP contribution in [0, 0.1) is 11.6 Å². The summed E-state index contributed by atoms with van der Waals surface area (Å²) < 4.78 is 26.3. The Morgan fingerprint density at radius 3 is 2.65 bits per heavy atom. The summed E-state index contributed by atoms with van der Waals surface area (Å²) in [6.07, 6.45) is 0.617. The van der Waals surface area contributed by atoms with Gasteiger partial charge in [-0.05, 0) is 18.1 Å². The fourth-order valence-electron chi connectivity index (χ4n) is 1.77. The molecule has 0 aromatic heterocycles. The first-order valence-electron chi connectivity index (χ1n) is 6.58. The van der Waals surface area contributed by atoms with Gasteiger partial charge >= 0.3 is 6.03 Å². The lowest BCUT2D eigenvalue weighted by Crippen LogP contribution is -2.44. The molecule has 0 aliphatic carbocycles. The zero-order chi connectivity index (χ0) is 15.1. The van der Waals surface area contributed by atoms with Crippen LogP contribution in [0.15, 0.2) is 18.2 Å². The zero-order valence-corrected chi connectivity index (χ0v) is 11.6. The zero-order valence-electron chi connectivity index (χ0n) is 11.6. The van der Waals surface area contributed by atoms with Crippen molar-refractivity contribution in [2.45, 2.75) is 32.2 Å². The third-order valence-electron chi connectivity index (χ3n) is 3.11. The van der Waals surface area contributed by atoms with E-state index in [0.717, 1.165) is 6.07 Å². The minimum absolute atomic E-state index is 0.133. The molecule has 0 bridgehead atoms. The van der Waals surface area contributed by atoms with E-state index in [0.29, 0.717) is 12.0 Å². The van der Waals surface area contributed by atoms with Gasteiger partial charge in [-0.25, -0.2) is 13.6 Å². The van der Waals surface area contributed by atoms with Crippen LogP contribution in [0.25, 0.3) is 0 Å². The standard InChI is InChI=1S/C14H20F2N2O2/c1-3-11(8-19)18-14(20)17-7-9(2)12-5-4-10(15)6-13(12)16/h4-6,9,11,19H,3,7-8H2,1-2H3,(H2,17,18,20)/t9-,11+/m0/s1. The summed E-state index contributed by atoms with van der Waals surface area (Å²) in [6.45, 7) is 3.67. The van der Waals surface area contributed by atoms with Crippen LogP contribution in [0.3, 0.4) is 0 Å². The van der Waals surface area contributed by atoms with Gasteiger partial charge in [0.15, 0.2) is 0 Å². The second kappa shape index (κ2) is 7.79. The summed E-state index contributed by atoms with van der Waals surface area (Å²) in [5.74, 6) is -1.53. The second-order valence-corrected chi connectivity index (χ2v) is 4.71. The molecule has 2 atom stereocenters. The highest BCUT2D eigenvalue weighted by Crippen LogP contribution is 2.18. The largest absolute Gasteiger partial charge is 0.394 e. The van der Waals surface area contributed by atoms with Gasteiger partial charge in [0.2, 0.25) is 0 Å². The Morgan fingerprint density at radius 2 is 2.10 bits per heavy atom. The third-order valence-corrected chi connectivity index (χ3v) is 3.11. The van der Waals surface area contributed by atoms with E-state index < -0.39 is 17.7 Å². The molecule has 3 N–H and O–H groups in total. The van der Waals surface area contributed by atoms with Crippen LogP contribution in [0.2, 0.25) is 0 Å². The Balaban J connectivity index is 2.50. The van der Waals surface area contributed by atoms with Crippen molar-refractivity contribution < 1.29 is 18.7 Å². The number of carbonyl (C=O) groups is 1. The fourth-order valence-corrected chi connectivity index (χ4v) is 1.77. The number of aliphatic hydroxyl groups is 1. The van der Waals surface area contributed by atoms with Gasteiger partial charge in [0, 0.05) is 18.5 Å². The van der Waals surface area contributed by atoms with E-state index in [1.54, 1.807) is 6.92 Å². The monoisotopic (exact) mass is 286 g/mol. The van der Waals surface area contributed by atoms with Crippen molar-refractivity contribution in [3.8, 4) is 0 Å². The number of urea groups is 1. The fraction of sp³-hybridized carbons (Fsp3) is 0.500. The first-order valence-corrected chi connectivity index (χ1v) is 6.58. The first kappa shape index (κ1) is 16.4. The number of aliphatic hydroxyl groups excluding tert-OH is 1. The summed E-state index contributed by atoms with van der Waals surface area (Å²) in [7, 11) is 0. The molecule has 0 aliphatic heterocycles. The Kier molecular flexibility index (Phi) is 6.38. The van der Waals surface area contributed by atoms with Crippen molar-refractivity contribution in [3.63, 3.8) is 0 Å². The lowest BCUT2D eigenvalue weighted by molar-refractivity contribution is 0.214. The molecule has 6 heteroatoms. The van der Waals surface area contributed by atoms with E-state index in [-0.39, 0.29) is 25.1 Å². The van der Waals surface area contributed by atoms with E-state index >= 15 is 0 Å². The van der Waals surface area contributed by atoms with Crippen molar-refractivity contribution in [1.29, 1.82) is 0 Å². The van der Waals surface area contributed by atoms with Gasteiger partial charge in [-0.3, -0.25) is 0 Å². The van der Waals surface area contributed by atoms with Crippen LogP contribution < -0.4 is 10.6 Å².